The third-order valence-corrected chi connectivity index (χ3v) is 2.54. The van der Waals surface area contributed by atoms with Crippen LogP contribution in [0, 0.1) is 0 Å². The molecule has 1 amide bonds. The Labute approximate surface area is 81.2 Å². The first-order valence-corrected chi connectivity index (χ1v) is 4.72. The fraction of sp³-hybridized carbons (Fsp3) is 0.444. The Morgan fingerprint density at radius 1 is 1.50 bits per heavy atom. The number of carbonyl (C=O) groups excluding carboxylic acids is 1. The van der Waals surface area contributed by atoms with Crippen molar-refractivity contribution < 1.29 is 4.79 Å². The summed E-state index contributed by atoms with van der Waals surface area (Å²) in [4.78, 5) is 21.5. The van der Waals surface area contributed by atoms with Crippen LogP contribution in [0.3, 0.4) is 0 Å². The molecule has 72 valence electrons. The maximum absolute atomic E-state index is 11.6. The average molecular weight is 190 g/mol. The lowest BCUT2D eigenvalue weighted by molar-refractivity contribution is -0.117. The minimum Gasteiger partial charge on any atom is -0.359 e. The highest BCUT2D eigenvalue weighted by molar-refractivity contribution is 6.02. The number of nitrogens with zero attached hydrogens (tertiary/aromatic N) is 3. The molecule has 0 spiro atoms. The summed E-state index contributed by atoms with van der Waals surface area (Å²) in [6, 6.07) is 0.384. The number of fused-ring (bicyclic) bond motifs is 1. The van der Waals surface area contributed by atoms with E-state index < -0.39 is 0 Å². The fourth-order valence-electron chi connectivity index (χ4n) is 1.75. The Bertz CT molecular complexity index is 388. The zero-order valence-electron chi connectivity index (χ0n) is 7.60. The van der Waals surface area contributed by atoms with Crippen molar-refractivity contribution in [3.8, 4) is 0 Å². The van der Waals surface area contributed by atoms with Gasteiger partial charge in [-0.3, -0.25) is 4.79 Å². The Morgan fingerprint density at radius 2 is 2.36 bits per heavy atom. The van der Waals surface area contributed by atoms with E-state index in [1.165, 1.54) is 6.33 Å². The van der Waals surface area contributed by atoms with E-state index in [4.69, 9.17) is 0 Å². The third-order valence-electron chi connectivity index (χ3n) is 2.54. The summed E-state index contributed by atoms with van der Waals surface area (Å²) in [6.07, 6.45) is 5.39. The molecule has 1 aliphatic carbocycles. The van der Waals surface area contributed by atoms with Crippen LogP contribution in [0.15, 0.2) is 12.5 Å². The van der Waals surface area contributed by atoms with Crippen molar-refractivity contribution in [2.24, 2.45) is 0 Å². The van der Waals surface area contributed by atoms with Crippen LogP contribution in [-0.4, -0.2) is 28.5 Å². The van der Waals surface area contributed by atoms with E-state index in [0.717, 1.165) is 24.3 Å². The first-order chi connectivity index (χ1) is 6.86. The maximum atomic E-state index is 11.6. The van der Waals surface area contributed by atoms with E-state index in [-0.39, 0.29) is 5.91 Å². The van der Waals surface area contributed by atoms with Crippen molar-refractivity contribution in [1.29, 1.82) is 0 Å². The molecule has 1 fully saturated rings. The van der Waals surface area contributed by atoms with Crippen LogP contribution in [0.5, 0.6) is 0 Å². The second kappa shape index (κ2) is 2.67. The van der Waals surface area contributed by atoms with Gasteiger partial charge in [0.2, 0.25) is 5.91 Å². The zero-order valence-corrected chi connectivity index (χ0v) is 7.60. The van der Waals surface area contributed by atoms with Gasteiger partial charge in [0.05, 0.1) is 12.7 Å². The number of aromatic nitrogens is 2. The van der Waals surface area contributed by atoms with Crippen molar-refractivity contribution in [1.82, 2.24) is 9.97 Å². The molecule has 1 aliphatic heterocycles. The molecule has 0 saturated heterocycles. The summed E-state index contributed by atoms with van der Waals surface area (Å²) in [6.45, 7) is 0.348. The van der Waals surface area contributed by atoms with E-state index in [0.29, 0.717) is 12.6 Å². The summed E-state index contributed by atoms with van der Waals surface area (Å²) in [7, 11) is 0. The monoisotopic (exact) mass is 190 g/mol. The lowest BCUT2D eigenvalue weighted by Gasteiger charge is -2.28. The van der Waals surface area contributed by atoms with E-state index in [1.807, 2.05) is 4.90 Å². The molecule has 0 bridgehead atoms. The van der Waals surface area contributed by atoms with Gasteiger partial charge in [-0.2, -0.15) is 0 Å². The molecule has 14 heavy (non-hydrogen) atoms. The second-order valence-electron chi connectivity index (χ2n) is 3.61. The lowest BCUT2D eigenvalue weighted by atomic mass is 10.3. The molecule has 1 N–H and O–H groups in total. The minimum atomic E-state index is 0.120. The zero-order chi connectivity index (χ0) is 9.54. The Balaban J connectivity index is 2.06. The number of nitrogens with one attached hydrogen (secondary N) is 1. The van der Waals surface area contributed by atoms with Crippen molar-refractivity contribution in [3.63, 3.8) is 0 Å². The number of hydrogen-bond donors (Lipinski definition) is 1. The molecule has 0 atom stereocenters. The molecule has 3 rings (SSSR count). The number of hydrogen-bond acceptors (Lipinski definition) is 4. The van der Waals surface area contributed by atoms with Gasteiger partial charge in [0.1, 0.15) is 12.0 Å². The molecule has 0 radical (unpaired) electrons. The van der Waals surface area contributed by atoms with E-state index in [1.54, 1.807) is 6.20 Å². The number of rotatable bonds is 1. The van der Waals surface area contributed by atoms with Gasteiger partial charge in [0, 0.05) is 6.04 Å². The first-order valence-electron chi connectivity index (χ1n) is 4.72. The summed E-state index contributed by atoms with van der Waals surface area (Å²) >= 11 is 0. The first kappa shape index (κ1) is 7.73. The minimum absolute atomic E-state index is 0.120. The Kier molecular flexibility index (Phi) is 1.47. The molecule has 5 heteroatoms. The van der Waals surface area contributed by atoms with E-state index >= 15 is 0 Å². The fourth-order valence-corrected chi connectivity index (χ4v) is 1.75. The van der Waals surface area contributed by atoms with Crippen molar-refractivity contribution in [3.05, 3.63) is 12.5 Å². The summed E-state index contributed by atoms with van der Waals surface area (Å²) in [5.74, 6) is 0.890. The molecule has 2 heterocycles. The Morgan fingerprint density at radius 3 is 3.14 bits per heavy atom. The molecule has 1 aromatic heterocycles. The van der Waals surface area contributed by atoms with Gasteiger partial charge in [-0.15, -0.1) is 0 Å². The second-order valence-corrected chi connectivity index (χ2v) is 3.61. The third kappa shape index (κ3) is 1.05. The van der Waals surface area contributed by atoms with E-state index in [2.05, 4.69) is 15.3 Å². The molecule has 1 aromatic rings. The predicted molar refractivity (Wildman–Crippen MR) is 51.0 cm³/mol. The van der Waals surface area contributed by atoms with Gasteiger partial charge in [-0.25, -0.2) is 9.97 Å². The van der Waals surface area contributed by atoms with Gasteiger partial charge in [-0.1, -0.05) is 0 Å². The van der Waals surface area contributed by atoms with Gasteiger partial charge < -0.3 is 10.2 Å². The van der Waals surface area contributed by atoms with Gasteiger partial charge in [0.25, 0.3) is 0 Å². The highest BCUT2D eigenvalue weighted by Crippen LogP contribution is 2.36. The van der Waals surface area contributed by atoms with Crippen LogP contribution < -0.4 is 10.2 Å². The number of amides is 1. The highest BCUT2D eigenvalue weighted by atomic mass is 16.2. The summed E-state index contributed by atoms with van der Waals surface area (Å²) in [5.41, 5.74) is 0.825. The lowest BCUT2D eigenvalue weighted by Crippen LogP contribution is -2.41. The standard InChI is InChI=1S/C9H10N4O/c14-8-4-11-9-7(3-10-5-12-9)13(8)6-1-2-6/h3,5-6H,1-2,4H2,(H,10,11,12). The molecule has 2 aliphatic rings. The van der Waals surface area contributed by atoms with Gasteiger partial charge in [-0.05, 0) is 12.8 Å². The molecule has 5 nitrogen and oxygen atoms in total. The van der Waals surface area contributed by atoms with Crippen LogP contribution in [0.2, 0.25) is 0 Å². The summed E-state index contributed by atoms with van der Waals surface area (Å²) in [5, 5.41) is 2.98. The van der Waals surface area contributed by atoms with Crippen molar-refractivity contribution in [2.45, 2.75) is 18.9 Å². The average Bonchev–Trinajstić information content (AvgIpc) is 3.01. The predicted octanol–water partition coefficient (Wildman–Crippen LogP) is 0.397. The number of carbonyl (C=O) groups is 1. The number of anilines is 2. The van der Waals surface area contributed by atoms with Gasteiger partial charge >= 0.3 is 0 Å². The van der Waals surface area contributed by atoms with Crippen LogP contribution >= 0.6 is 0 Å². The maximum Gasteiger partial charge on any atom is 0.246 e. The quantitative estimate of drug-likeness (QED) is 0.696. The normalized spacial score (nSPS) is 20.3. The van der Waals surface area contributed by atoms with E-state index in [9.17, 15) is 4.79 Å². The SMILES string of the molecule is O=C1CNc2ncncc2N1C1CC1. The molecular weight excluding hydrogens is 180 g/mol. The topological polar surface area (TPSA) is 58.1 Å². The molecule has 0 unspecified atom stereocenters. The largest absolute Gasteiger partial charge is 0.359 e. The van der Waals surface area contributed by atoms with Crippen molar-refractivity contribution >= 4 is 17.4 Å². The molecule has 1 saturated carbocycles. The van der Waals surface area contributed by atoms with Crippen LogP contribution in [0.1, 0.15) is 12.8 Å². The summed E-state index contributed by atoms with van der Waals surface area (Å²) < 4.78 is 0. The molecule has 0 aromatic carbocycles. The highest BCUT2D eigenvalue weighted by Gasteiger charge is 2.37. The van der Waals surface area contributed by atoms with Crippen molar-refractivity contribution in [2.75, 3.05) is 16.8 Å². The van der Waals surface area contributed by atoms with Crippen LogP contribution in [-0.2, 0) is 4.79 Å². The van der Waals surface area contributed by atoms with Gasteiger partial charge in [0.15, 0.2) is 5.82 Å². The van der Waals surface area contributed by atoms with Crippen LogP contribution in [0.25, 0.3) is 0 Å². The Hall–Kier alpha value is -1.65. The molecular formula is C9H10N4O. The smallest absolute Gasteiger partial charge is 0.246 e. The van der Waals surface area contributed by atoms with Crippen LogP contribution in [0.4, 0.5) is 11.5 Å².